The second-order valence-corrected chi connectivity index (χ2v) is 2.33. The van der Waals surface area contributed by atoms with Crippen LogP contribution in [0.4, 0.5) is 4.39 Å². The molecule has 1 atom stereocenters. The van der Waals surface area contributed by atoms with Crippen LogP contribution in [0.2, 0.25) is 0 Å². The second kappa shape index (κ2) is 2.62. The molecule has 0 aromatic heterocycles. The Morgan fingerprint density at radius 1 is 1.78 bits per heavy atom. The van der Waals surface area contributed by atoms with E-state index in [0.717, 1.165) is 0 Å². The Morgan fingerprint density at radius 3 is 2.89 bits per heavy atom. The fourth-order valence-corrected chi connectivity index (χ4v) is 0.806. The maximum absolute atomic E-state index is 12.9. The maximum Gasteiger partial charge on any atom is 0.157 e. The van der Waals surface area contributed by atoms with Gasteiger partial charge in [-0.05, 0) is 12.8 Å². The minimum Gasteiger partial charge on any atom is -0.393 e. The van der Waals surface area contributed by atoms with Crippen molar-refractivity contribution in [3.8, 4) is 0 Å². The first-order valence-electron chi connectivity index (χ1n) is 3.00. The van der Waals surface area contributed by atoms with Gasteiger partial charge in [-0.25, -0.2) is 4.39 Å². The number of alkyl halides is 1. The van der Waals surface area contributed by atoms with Gasteiger partial charge in [-0.2, -0.15) is 0 Å². The second-order valence-electron chi connectivity index (χ2n) is 2.33. The number of rotatable bonds is 1. The summed E-state index contributed by atoms with van der Waals surface area (Å²) in [6.07, 6.45) is 0.973. The lowest BCUT2D eigenvalue weighted by Crippen LogP contribution is -2.36. The molecule has 1 heterocycles. The molecule has 0 aromatic rings. The van der Waals surface area contributed by atoms with Crippen LogP contribution in [0.3, 0.4) is 0 Å². The molecule has 1 aliphatic heterocycles. The molecule has 0 amide bonds. The minimum atomic E-state index is -1.48. The van der Waals surface area contributed by atoms with E-state index >= 15 is 0 Å². The van der Waals surface area contributed by atoms with E-state index in [1.54, 1.807) is 6.61 Å². The van der Waals surface area contributed by atoms with Gasteiger partial charge in [-0.1, -0.05) is 0 Å². The van der Waals surface area contributed by atoms with Crippen molar-refractivity contribution < 1.29 is 14.2 Å². The van der Waals surface area contributed by atoms with E-state index in [1.807, 2.05) is 0 Å². The zero-order valence-electron chi connectivity index (χ0n) is 5.14. The summed E-state index contributed by atoms with van der Waals surface area (Å²) < 4.78 is 17.6. The zero-order valence-corrected chi connectivity index (χ0v) is 5.14. The fraction of sp³-hybridized carbons (Fsp3) is 0.833. The van der Waals surface area contributed by atoms with Crippen molar-refractivity contribution >= 4 is 0 Å². The minimum absolute atomic E-state index is 0.00347. The van der Waals surface area contributed by atoms with Gasteiger partial charge in [0.15, 0.2) is 5.67 Å². The highest BCUT2D eigenvalue weighted by molar-refractivity contribution is 4.83. The monoisotopic (exact) mass is 133 g/mol. The number of aliphatic hydroxyl groups is 1. The molecular formula is C6H10FO2. The van der Waals surface area contributed by atoms with Crippen LogP contribution in [0.1, 0.15) is 12.8 Å². The third-order valence-electron chi connectivity index (χ3n) is 1.45. The molecule has 0 spiro atoms. The summed E-state index contributed by atoms with van der Waals surface area (Å²) in [6, 6.07) is 0. The Kier molecular flexibility index (Phi) is 2.03. The summed E-state index contributed by atoms with van der Waals surface area (Å²) in [5, 5.41) is 8.48. The van der Waals surface area contributed by atoms with Crippen molar-refractivity contribution in [3.05, 3.63) is 6.61 Å². The van der Waals surface area contributed by atoms with E-state index in [-0.39, 0.29) is 6.61 Å². The average Bonchev–Trinajstić information content (AvgIpc) is 1.90. The first kappa shape index (κ1) is 6.96. The summed E-state index contributed by atoms with van der Waals surface area (Å²) in [4.78, 5) is 0. The molecule has 0 aliphatic carbocycles. The van der Waals surface area contributed by atoms with Gasteiger partial charge in [0, 0.05) is 0 Å². The van der Waals surface area contributed by atoms with Gasteiger partial charge in [0.1, 0.15) is 0 Å². The number of aliphatic hydroxyl groups excluding tert-OH is 1. The standard InChI is InChI=1S/C6H10FO2/c7-6(4-8)2-1-3-9-5-6/h3,8H,1-2,4-5H2. The summed E-state index contributed by atoms with van der Waals surface area (Å²) in [7, 11) is 0. The van der Waals surface area contributed by atoms with Gasteiger partial charge in [-0.15, -0.1) is 0 Å². The topological polar surface area (TPSA) is 29.5 Å². The smallest absolute Gasteiger partial charge is 0.157 e. The van der Waals surface area contributed by atoms with E-state index in [4.69, 9.17) is 9.84 Å². The van der Waals surface area contributed by atoms with Crippen molar-refractivity contribution in [3.63, 3.8) is 0 Å². The normalized spacial score (nSPS) is 36.7. The molecule has 0 aromatic carbocycles. The number of hydrogen-bond donors (Lipinski definition) is 1. The molecule has 9 heavy (non-hydrogen) atoms. The largest absolute Gasteiger partial charge is 0.393 e. The average molecular weight is 133 g/mol. The van der Waals surface area contributed by atoms with E-state index < -0.39 is 12.3 Å². The van der Waals surface area contributed by atoms with Crippen molar-refractivity contribution in [1.82, 2.24) is 0 Å². The number of ether oxygens (including phenoxy) is 1. The molecule has 1 unspecified atom stereocenters. The van der Waals surface area contributed by atoms with Crippen LogP contribution in [0.15, 0.2) is 0 Å². The molecule has 2 nitrogen and oxygen atoms in total. The fourth-order valence-electron chi connectivity index (χ4n) is 0.806. The van der Waals surface area contributed by atoms with Crippen molar-refractivity contribution in [2.24, 2.45) is 0 Å². The summed E-state index contributed by atoms with van der Waals surface area (Å²) in [6.45, 7) is 1.15. The molecule has 1 aliphatic rings. The van der Waals surface area contributed by atoms with Crippen LogP contribution in [-0.4, -0.2) is 24.0 Å². The number of halogens is 1. The van der Waals surface area contributed by atoms with E-state index in [2.05, 4.69) is 0 Å². The first-order chi connectivity index (χ1) is 4.27. The Labute approximate surface area is 53.6 Å². The van der Waals surface area contributed by atoms with E-state index in [9.17, 15) is 4.39 Å². The predicted molar refractivity (Wildman–Crippen MR) is 30.4 cm³/mol. The van der Waals surface area contributed by atoms with Crippen molar-refractivity contribution in [2.45, 2.75) is 18.5 Å². The summed E-state index contributed by atoms with van der Waals surface area (Å²) in [5.74, 6) is 0. The third kappa shape index (κ3) is 1.63. The van der Waals surface area contributed by atoms with E-state index in [0.29, 0.717) is 12.8 Å². The Morgan fingerprint density at radius 2 is 2.56 bits per heavy atom. The van der Waals surface area contributed by atoms with Gasteiger partial charge in [-0.3, -0.25) is 0 Å². The lowest BCUT2D eigenvalue weighted by molar-refractivity contribution is -0.0351. The molecule has 1 N–H and O–H groups in total. The zero-order chi connectivity index (χ0) is 6.74. The molecule has 1 fully saturated rings. The SMILES string of the molecule is OCC1(F)CC[CH]OC1. The Balaban J connectivity index is 2.37. The van der Waals surface area contributed by atoms with Gasteiger partial charge in [0.25, 0.3) is 0 Å². The lowest BCUT2D eigenvalue weighted by atomic mass is 10.0. The highest BCUT2D eigenvalue weighted by Crippen LogP contribution is 2.23. The molecular weight excluding hydrogens is 123 g/mol. The lowest BCUT2D eigenvalue weighted by Gasteiger charge is -2.26. The summed E-state index contributed by atoms with van der Waals surface area (Å²) in [5.41, 5.74) is -1.48. The predicted octanol–water partition coefficient (Wildman–Crippen LogP) is 0.659. The van der Waals surface area contributed by atoms with Crippen LogP contribution >= 0.6 is 0 Å². The molecule has 0 bridgehead atoms. The molecule has 1 rings (SSSR count). The van der Waals surface area contributed by atoms with Gasteiger partial charge >= 0.3 is 0 Å². The van der Waals surface area contributed by atoms with E-state index in [1.165, 1.54) is 0 Å². The van der Waals surface area contributed by atoms with Crippen molar-refractivity contribution in [1.29, 1.82) is 0 Å². The Hall–Kier alpha value is -0.150. The molecule has 1 radical (unpaired) electrons. The van der Waals surface area contributed by atoms with Crippen molar-refractivity contribution in [2.75, 3.05) is 13.2 Å². The van der Waals surface area contributed by atoms with Gasteiger partial charge in [0.2, 0.25) is 0 Å². The van der Waals surface area contributed by atoms with Gasteiger partial charge < -0.3 is 9.84 Å². The van der Waals surface area contributed by atoms with Crippen LogP contribution < -0.4 is 0 Å². The third-order valence-corrected chi connectivity index (χ3v) is 1.45. The highest BCUT2D eigenvalue weighted by Gasteiger charge is 2.31. The van der Waals surface area contributed by atoms with Gasteiger partial charge in [0.05, 0.1) is 19.8 Å². The van der Waals surface area contributed by atoms with Crippen LogP contribution in [0, 0.1) is 6.61 Å². The number of hydrogen-bond acceptors (Lipinski definition) is 2. The maximum atomic E-state index is 12.9. The van der Waals surface area contributed by atoms with Crippen LogP contribution in [0.25, 0.3) is 0 Å². The first-order valence-corrected chi connectivity index (χ1v) is 3.00. The highest BCUT2D eigenvalue weighted by atomic mass is 19.1. The quantitative estimate of drug-likeness (QED) is 0.569. The Bertz CT molecular complexity index is 89.1. The molecule has 3 heteroatoms. The molecule has 0 saturated carbocycles. The molecule has 53 valence electrons. The van der Waals surface area contributed by atoms with Crippen LogP contribution in [0.5, 0.6) is 0 Å². The van der Waals surface area contributed by atoms with Crippen LogP contribution in [-0.2, 0) is 4.74 Å². The summed E-state index contributed by atoms with van der Waals surface area (Å²) >= 11 is 0. The molecule has 1 saturated heterocycles.